The number of aryl methyl sites for hydroxylation is 1. The van der Waals surface area contributed by atoms with E-state index in [0.29, 0.717) is 5.69 Å². The lowest BCUT2D eigenvalue weighted by molar-refractivity contribution is 0.0802. The molecule has 1 atom stereocenters. The summed E-state index contributed by atoms with van der Waals surface area (Å²) in [5.41, 5.74) is 1.61. The third kappa shape index (κ3) is 4.48. The van der Waals surface area contributed by atoms with Gasteiger partial charge in [-0.15, -0.1) is 0 Å². The maximum absolute atomic E-state index is 13.9. The van der Waals surface area contributed by atoms with Crippen molar-refractivity contribution in [3.63, 3.8) is 0 Å². The van der Waals surface area contributed by atoms with Gasteiger partial charge in [-0.3, -0.25) is 9.78 Å². The van der Waals surface area contributed by atoms with Crippen LogP contribution in [0.1, 0.15) is 15.9 Å². The Kier molecular flexibility index (Phi) is 5.61. The van der Waals surface area contributed by atoms with E-state index in [-0.39, 0.29) is 17.8 Å². The van der Waals surface area contributed by atoms with Crippen LogP contribution >= 0.6 is 0 Å². The minimum Gasteiger partial charge on any atom is -0.394 e. The van der Waals surface area contributed by atoms with Gasteiger partial charge < -0.3 is 20.8 Å². The zero-order chi connectivity index (χ0) is 16.8. The Balaban J connectivity index is 2.18. The molecule has 6 nitrogen and oxygen atoms in total. The molecule has 4 N–H and O–H groups in total. The summed E-state index contributed by atoms with van der Waals surface area (Å²) in [5, 5.41) is 23.4. The smallest absolute Gasteiger partial charge is 0.253 e. The number of hydrogen-bond acceptors (Lipinski definition) is 5. The molecule has 0 radical (unpaired) electrons. The number of benzene rings is 1. The highest BCUT2D eigenvalue weighted by Crippen LogP contribution is 2.23. The van der Waals surface area contributed by atoms with E-state index in [9.17, 15) is 14.3 Å². The van der Waals surface area contributed by atoms with E-state index in [2.05, 4.69) is 15.6 Å². The number of nitrogens with one attached hydrogen (secondary N) is 2. The van der Waals surface area contributed by atoms with Crippen LogP contribution in [0, 0.1) is 12.7 Å². The number of rotatable bonds is 6. The molecule has 1 aromatic heterocycles. The van der Waals surface area contributed by atoms with Crippen molar-refractivity contribution in [2.24, 2.45) is 0 Å². The van der Waals surface area contributed by atoms with Gasteiger partial charge in [0.25, 0.3) is 5.91 Å². The first-order valence-electron chi connectivity index (χ1n) is 7.05. The highest BCUT2D eigenvalue weighted by atomic mass is 19.1. The van der Waals surface area contributed by atoms with Gasteiger partial charge in [-0.1, -0.05) is 6.07 Å². The summed E-state index contributed by atoms with van der Waals surface area (Å²) in [4.78, 5) is 16.1. The van der Waals surface area contributed by atoms with Gasteiger partial charge in [0.15, 0.2) is 0 Å². The van der Waals surface area contributed by atoms with E-state index < -0.39 is 24.4 Å². The number of hydrogen-bond donors (Lipinski definition) is 4. The number of amides is 1. The van der Waals surface area contributed by atoms with E-state index in [0.717, 1.165) is 5.56 Å². The average Bonchev–Trinajstić information content (AvgIpc) is 2.55. The fourth-order valence-corrected chi connectivity index (χ4v) is 1.93. The molecule has 7 heteroatoms. The minimum absolute atomic E-state index is 0.0873. The highest BCUT2D eigenvalue weighted by molar-refractivity contribution is 6.00. The molecular formula is C16H18FN3O3. The van der Waals surface area contributed by atoms with Crippen molar-refractivity contribution >= 4 is 17.3 Å². The van der Waals surface area contributed by atoms with Gasteiger partial charge >= 0.3 is 0 Å². The number of nitrogens with zero attached hydrogens (tertiary/aromatic N) is 1. The summed E-state index contributed by atoms with van der Waals surface area (Å²) in [6.45, 7) is 1.24. The number of carbonyl (C=O) groups excluding carboxylic acids is 1. The van der Waals surface area contributed by atoms with Gasteiger partial charge in [0.2, 0.25) is 0 Å². The summed E-state index contributed by atoms with van der Waals surface area (Å²) in [7, 11) is 0. The fourth-order valence-electron chi connectivity index (χ4n) is 1.93. The summed E-state index contributed by atoms with van der Waals surface area (Å²) in [6.07, 6.45) is 1.82. The monoisotopic (exact) mass is 319 g/mol. The number of aliphatic hydroxyl groups excluding tert-OH is 2. The quantitative estimate of drug-likeness (QED) is 0.645. The van der Waals surface area contributed by atoms with Gasteiger partial charge in [-0.2, -0.15) is 0 Å². The molecule has 0 unspecified atom stereocenters. The van der Waals surface area contributed by atoms with Crippen LogP contribution in [0.3, 0.4) is 0 Å². The normalized spacial score (nSPS) is 11.8. The second-order valence-corrected chi connectivity index (χ2v) is 5.08. The molecule has 2 rings (SSSR count). The molecule has 2 aromatic rings. The largest absolute Gasteiger partial charge is 0.394 e. The van der Waals surface area contributed by atoms with E-state index in [4.69, 9.17) is 5.11 Å². The Morgan fingerprint density at radius 2 is 2.13 bits per heavy atom. The third-order valence-corrected chi connectivity index (χ3v) is 3.17. The summed E-state index contributed by atoms with van der Waals surface area (Å²) < 4.78 is 13.9. The molecule has 1 heterocycles. The first-order valence-corrected chi connectivity index (χ1v) is 7.05. The maximum Gasteiger partial charge on any atom is 0.253 e. The van der Waals surface area contributed by atoms with Gasteiger partial charge in [-0.05, 0) is 30.7 Å². The van der Waals surface area contributed by atoms with Crippen LogP contribution in [0.2, 0.25) is 0 Å². The lowest BCUT2D eigenvalue weighted by Gasteiger charge is -2.13. The zero-order valence-electron chi connectivity index (χ0n) is 12.6. The highest BCUT2D eigenvalue weighted by Gasteiger charge is 2.14. The first-order chi connectivity index (χ1) is 11.0. The van der Waals surface area contributed by atoms with Crippen LogP contribution in [-0.2, 0) is 0 Å². The molecule has 0 saturated heterocycles. The van der Waals surface area contributed by atoms with E-state index in [1.54, 1.807) is 19.1 Å². The molecule has 0 aliphatic rings. The lowest BCUT2D eigenvalue weighted by atomic mass is 10.1. The Morgan fingerprint density at radius 3 is 2.83 bits per heavy atom. The van der Waals surface area contributed by atoms with Gasteiger partial charge in [0.1, 0.15) is 5.82 Å². The summed E-state index contributed by atoms with van der Waals surface area (Å²) >= 11 is 0. The number of halogens is 1. The Morgan fingerprint density at radius 1 is 1.35 bits per heavy atom. The van der Waals surface area contributed by atoms with Crippen LogP contribution in [0.15, 0.2) is 36.7 Å². The lowest BCUT2D eigenvalue weighted by Crippen LogP contribution is -2.34. The molecule has 0 aliphatic carbocycles. The predicted octanol–water partition coefficient (Wildman–Crippen LogP) is 1.36. The van der Waals surface area contributed by atoms with Gasteiger partial charge in [-0.25, -0.2) is 4.39 Å². The second-order valence-electron chi connectivity index (χ2n) is 5.08. The van der Waals surface area contributed by atoms with Crippen molar-refractivity contribution in [3.05, 3.63) is 53.6 Å². The van der Waals surface area contributed by atoms with Gasteiger partial charge in [0, 0.05) is 12.7 Å². The molecule has 0 spiro atoms. The molecule has 1 amide bonds. The Bertz CT molecular complexity index is 694. The van der Waals surface area contributed by atoms with Crippen molar-refractivity contribution < 1.29 is 19.4 Å². The van der Waals surface area contributed by atoms with E-state index >= 15 is 0 Å². The second kappa shape index (κ2) is 7.66. The average molecular weight is 319 g/mol. The summed E-state index contributed by atoms with van der Waals surface area (Å²) in [5.74, 6) is -0.897. The topological polar surface area (TPSA) is 94.5 Å². The zero-order valence-corrected chi connectivity index (χ0v) is 12.6. The number of carbonyl (C=O) groups is 1. The fraction of sp³-hybridized carbons (Fsp3) is 0.250. The molecule has 23 heavy (non-hydrogen) atoms. The van der Waals surface area contributed by atoms with Crippen molar-refractivity contribution in [1.82, 2.24) is 10.3 Å². The van der Waals surface area contributed by atoms with Crippen molar-refractivity contribution in [1.29, 1.82) is 0 Å². The van der Waals surface area contributed by atoms with Gasteiger partial charge in [0.05, 0.1) is 35.8 Å². The van der Waals surface area contributed by atoms with Crippen molar-refractivity contribution in [2.75, 3.05) is 18.5 Å². The number of aliphatic hydroxyl groups is 2. The summed E-state index contributed by atoms with van der Waals surface area (Å²) in [6, 6.07) is 6.19. The first kappa shape index (κ1) is 16.9. The molecular weight excluding hydrogens is 301 g/mol. The minimum atomic E-state index is -1.04. The van der Waals surface area contributed by atoms with Crippen LogP contribution in [0.25, 0.3) is 0 Å². The molecule has 0 saturated carbocycles. The van der Waals surface area contributed by atoms with Crippen molar-refractivity contribution in [3.8, 4) is 0 Å². The predicted molar refractivity (Wildman–Crippen MR) is 84.1 cm³/mol. The Hall–Kier alpha value is -2.51. The van der Waals surface area contributed by atoms with Crippen LogP contribution in [-0.4, -0.2) is 40.4 Å². The number of anilines is 2. The number of aromatic nitrogens is 1. The third-order valence-electron chi connectivity index (χ3n) is 3.17. The maximum atomic E-state index is 13.9. The van der Waals surface area contributed by atoms with Crippen molar-refractivity contribution in [2.45, 2.75) is 13.0 Å². The molecule has 0 fully saturated rings. The molecule has 1 aromatic carbocycles. The molecule has 122 valence electrons. The SMILES string of the molecule is Cc1ccc(Nc2cnccc2C(=O)NC[C@@H](O)CO)c(F)c1. The van der Waals surface area contributed by atoms with Crippen LogP contribution in [0.4, 0.5) is 15.8 Å². The van der Waals surface area contributed by atoms with Crippen LogP contribution < -0.4 is 10.6 Å². The Labute approximate surface area is 133 Å². The standard InChI is InChI=1S/C16H18FN3O3/c1-10-2-3-14(13(17)6-10)20-15-8-18-5-4-12(15)16(23)19-7-11(22)9-21/h2-6,8,11,20-22H,7,9H2,1H3,(H,19,23)/t11-/m1/s1. The molecule has 0 aliphatic heterocycles. The van der Waals surface area contributed by atoms with E-state index in [1.165, 1.54) is 24.5 Å². The van der Waals surface area contributed by atoms with Crippen LogP contribution in [0.5, 0.6) is 0 Å². The number of pyridine rings is 1. The van der Waals surface area contributed by atoms with E-state index in [1.807, 2.05) is 0 Å². The molecule has 0 bridgehead atoms.